The summed E-state index contributed by atoms with van der Waals surface area (Å²) < 4.78 is 72.5. The van der Waals surface area contributed by atoms with Crippen molar-refractivity contribution in [2.24, 2.45) is 52.3 Å². The van der Waals surface area contributed by atoms with Gasteiger partial charge in [-0.15, -0.1) is 0 Å². The summed E-state index contributed by atoms with van der Waals surface area (Å²) in [5.74, 6) is -11.0. The molecule has 6 fully saturated rings. The minimum absolute atomic E-state index is 0.00863. The number of fused-ring (bicyclic) bond motifs is 5. The molecule has 4 aliphatic carbocycles. The Labute approximate surface area is 658 Å². The van der Waals surface area contributed by atoms with Gasteiger partial charge in [0.15, 0.2) is 29.6 Å². The molecule has 1 aromatic carbocycles. The first-order valence-electron chi connectivity index (χ1n) is 40.0. The molecule has 1 aromatic rings. The zero-order valence-corrected chi connectivity index (χ0v) is 68.6. The number of aliphatic carboxylic acids is 1. The average molecular weight is 1590 g/mol. The van der Waals surface area contributed by atoms with Gasteiger partial charge < -0.3 is 95.4 Å². The number of nitrogens with one attached hydrogen (secondary N) is 6. The number of esters is 1. The molecule has 5 amide bonds. The number of carboxylic acids is 1. The predicted octanol–water partition coefficient (Wildman–Crippen LogP) is 3.63. The van der Waals surface area contributed by atoms with Crippen LogP contribution in [0.5, 0.6) is 0 Å². The molecule has 7 aliphatic rings. The molecule has 29 nitrogen and oxygen atoms in total. The van der Waals surface area contributed by atoms with Crippen LogP contribution in [0.25, 0.3) is 0 Å². The van der Waals surface area contributed by atoms with E-state index < -0.39 is 246 Å². The number of aliphatic hydroxyl groups excluding tert-OH is 4. The molecule has 3 saturated heterocycles. The first-order chi connectivity index (χ1) is 52.1. The minimum atomic E-state index is -2.49. The fourth-order valence-electron chi connectivity index (χ4n) is 19.8. The van der Waals surface area contributed by atoms with Crippen LogP contribution in [-0.2, 0) is 63.6 Å². The summed E-state index contributed by atoms with van der Waals surface area (Å²) in [6, 6.07) is 4.01. The third-order valence-electron chi connectivity index (χ3n) is 26.1. The molecule has 23 unspecified atom stereocenters. The lowest BCUT2D eigenvalue weighted by Crippen LogP contribution is -2.71. The molecule has 3 heterocycles. The third kappa shape index (κ3) is 19.5. The molecule has 112 heavy (non-hydrogen) atoms. The van der Waals surface area contributed by atoms with Crippen LogP contribution in [0, 0.1) is 52.3 Å². The van der Waals surface area contributed by atoms with E-state index in [4.69, 9.17) is 28.4 Å². The van der Waals surface area contributed by atoms with E-state index in [2.05, 4.69) is 31.9 Å². The minimum Gasteiger partial charge on any atom is -0.480 e. The zero-order valence-electron chi connectivity index (χ0n) is 68.6. The second-order valence-electron chi connectivity index (χ2n) is 35.2. The summed E-state index contributed by atoms with van der Waals surface area (Å²) in [6.07, 6.45) is -12.1. The van der Waals surface area contributed by atoms with Crippen molar-refractivity contribution in [3.8, 4) is 0 Å². The Morgan fingerprint density at radius 3 is 2.12 bits per heavy atom. The van der Waals surface area contributed by atoms with Gasteiger partial charge in [-0.3, -0.25) is 44.3 Å². The number of urea groups is 1. The monoisotopic (exact) mass is 1590 g/mol. The number of amides is 5. The topological polar surface area (TPSA) is 415 Å². The van der Waals surface area contributed by atoms with Crippen molar-refractivity contribution in [2.45, 2.75) is 300 Å². The van der Waals surface area contributed by atoms with Gasteiger partial charge in [0.2, 0.25) is 11.8 Å². The van der Waals surface area contributed by atoms with Crippen LogP contribution >= 0.6 is 0 Å². The number of benzene rings is 1. The summed E-state index contributed by atoms with van der Waals surface area (Å²) in [5.41, 5.74) is -12.7. The highest BCUT2D eigenvalue weighted by atomic mass is 19.1. The Balaban J connectivity index is 0.994. The number of carboxylic acid groups (broad SMARTS) is 1. The summed E-state index contributed by atoms with van der Waals surface area (Å²) in [4.78, 5) is 100. The van der Waals surface area contributed by atoms with Gasteiger partial charge in [-0.2, -0.15) is 0 Å². The van der Waals surface area contributed by atoms with Gasteiger partial charge >= 0.3 is 18.0 Å². The molecule has 14 N–H and O–H groups in total. The Bertz CT molecular complexity index is 3490. The second-order valence-corrected chi connectivity index (χ2v) is 35.2. The molecule has 0 aromatic heterocycles. The molecular weight excluding hydrogens is 1460 g/mol. The Morgan fingerprint density at radius 2 is 1.50 bits per heavy atom. The van der Waals surface area contributed by atoms with Gasteiger partial charge in [-0.25, -0.2) is 13.6 Å². The molecule has 0 radical (unpaired) electrons. The van der Waals surface area contributed by atoms with Gasteiger partial charge in [-0.05, 0) is 181 Å². The molecule has 31 heteroatoms. The van der Waals surface area contributed by atoms with E-state index in [1.165, 1.54) is 34.0 Å². The fraction of sp³-hybridized carbons (Fsp3) is 0.790. The normalized spacial score (nSPS) is 41.0. The van der Waals surface area contributed by atoms with Crippen molar-refractivity contribution in [3.05, 3.63) is 59.7 Å². The number of cyclic esters (lactones) is 1. The number of imide groups is 1. The smallest absolute Gasteiger partial charge is 0.321 e. The SMILES string of the molecule is CCC1OC(=O)C(C)C(OC2CC(C)(OC)C(O)C(C)O2)C(C)C(OC2OC(C)CC(N(C)C)C2O)C(C)(O)CC(C)CN(CCCNC(NCC(=O)O)C(CC(C)C)NC(=O)C(Cc2ccccc2)NC(=O)CNC(=O)NC(=O)[C@@]2(O)[C@H](C)CC3C4C[C@H](F)C5=CC(=O)C=C[C@]5(C)[C@@]4(F)[C@@H](O)C[C@@]32C)C(C)C(O)C1(C)O. The average Bonchev–Trinajstić information content (AvgIpc) is 1.39. The molecule has 0 bridgehead atoms. The quantitative estimate of drug-likeness (QED) is 0.0358. The van der Waals surface area contributed by atoms with Crippen molar-refractivity contribution < 1.29 is 112 Å². The van der Waals surface area contributed by atoms with Gasteiger partial charge in [0, 0.05) is 61.2 Å². The molecule has 8 rings (SSSR count). The first-order valence-corrected chi connectivity index (χ1v) is 40.0. The van der Waals surface area contributed by atoms with Crippen LogP contribution in [0.15, 0.2) is 54.1 Å². The number of nitrogens with zero attached hydrogens (tertiary/aromatic N) is 2. The van der Waals surface area contributed by atoms with E-state index in [0.717, 1.165) is 12.2 Å². The fourth-order valence-corrected chi connectivity index (χ4v) is 19.8. The lowest BCUT2D eigenvalue weighted by atomic mass is 9.44. The highest BCUT2D eigenvalue weighted by molar-refractivity contribution is 6.02. The van der Waals surface area contributed by atoms with E-state index in [9.17, 15) is 74.4 Å². The van der Waals surface area contributed by atoms with Gasteiger partial charge in [-0.1, -0.05) is 84.9 Å². The van der Waals surface area contributed by atoms with E-state index in [1.54, 1.807) is 85.7 Å². The molecule has 0 spiro atoms. The Morgan fingerprint density at radius 1 is 0.830 bits per heavy atom. The van der Waals surface area contributed by atoms with Gasteiger partial charge in [0.05, 0.1) is 72.9 Å². The second kappa shape index (κ2) is 36.9. The summed E-state index contributed by atoms with van der Waals surface area (Å²) in [5, 5.41) is 113. The standard InChI is InChI=1S/C81H130F2N8O21/c1-19-60-79(15,105)66(98)48(9)91(41-43(4)36-77(13,104)68(112-72-64(97)58(90(16)17)32-45(6)108-72)46(7)65(47(8)71(101)110-60)111-63-38-78(14,107-18)67(99)49(10)109-63)29-23-28-84-69(85-40-62(95)96)56(30-42(2)3)88-70(100)57(33-50-24-21-20-22-25-50)87-61(94)39-86-74(103)89-73(102)81(106)44(5)31-52-53-35-55(82)54-34-51(92)26-27-75(54,11)80(53,83)59(93)37-76(52,81)12/h20-22,24-27,34,42-49,52-53,55-60,63-69,72,84-85,93,97-99,104-106H,19,23,28-33,35-41H2,1-18H3,(H,87,94)(H,88,100)(H,95,96)(H2,86,89,102,103)/t43?,44-,45?,46?,47?,48?,49?,52?,53?,55+,56?,57?,58?,59+,60?,63?,64?,65?,66?,67?,68?,69?,72?,75+,76+,77?,78?,79?,80+,81+/m1/s1. The third-order valence-corrected chi connectivity index (χ3v) is 26.1. The highest BCUT2D eigenvalue weighted by Gasteiger charge is 2.77. The number of likely N-dealkylation sites (N-methyl/N-ethyl adjacent to an activating group) is 1. The summed E-state index contributed by atoms with van der Waals surface area (Å²) in [7, 11) is 5.13. The summed E-state index contributed by atoms with van der Waals surface area (Å²) in [6.45, 7) is 24.4. The lowest BCUT2D eigenvalue weighted by molar-refractivity contribution is -0.318. The maximum atomic E-state index is 17.9. The van der Waals surface area contributed by atoms with E-state index in [-0.39, 0.29) is 76.1 Å². The highest BCUT2D eigenvalue weighted by Crippen LogP contribution is 2.71. The van der Waals surface area contributed by atoms with Crippen LogP contribution < -0.4 is 31.9 Å². The molecular formula is C81H130F2N8O21. The van der Waals surface area contributed by atoms with E-state index in [0.29, 0.717) is 12.0 Å². The van der Waals surface area contributed by atoms with Crippen LogP contribution in [0.4, 0.5) is 13.6 Å². The van der Waals surface area contributed by atoms with E-state index in [1.807, 2.05) is 51.6 Å². The number of methoxy groups -OCH3 is 1. The number of carbonyl (C=O) groups is 7. The van der Waals surface area contributed by atoms with E-state index >= 15 is 8.78 Å². The van der Waals surface area contributed by atoms with Gasteiger partial charge in [0.1, 0.15) is 42.2 Å². The van der Waals surface area contributed by atoms with Crippen LogP contribution in [0.2, 0.25) is 0 Å². The number of halogens is 2. The van der Waals surface area contributed by atoms with Crippen LogP contribution in [0.1, 0.15) is 167 Å². The van der Waals surface area contributed by atoms with Crippen molar-refractivity contribution in [1.82, 2.24) is 41.7 Å². The molecule has 30 atom stereocenters. The maximum absolute atomic E-state index is 17.9. The Kier molecular flexibility index (Phi) is 30.3. The number of hydrogen-bond donors (Lipinski definition) is 14. The number of ether oxygens (including phenoxy) is 6. The predicted molar refractivity (Wildman–Crippen MR) is 408 cm³/mol. The van der Waals surface area contributed by atoms with Crippen LogP contribution in [-0.4, -0.2) is 278 Å². The van der Waals surface area contributed by atoms with Crippen molar-refractivity contribution >= 4 is 41.5 Å². The number of aliphatic hydroxyl groups is 7. The number of alkyl halides is 2. The zero-order chi connectivity index (χ0) is 83.5. The number of rotatable bonds is 26. The maximum Gasteiger partial charge on any atom is 0.321 e. The summed E-state index contributed by atoms with van der Waals surface area (Å²) >= 11 is 0. The molecule has 634 valence electrons. The number of hydrogen-bond acceptors (Lipinski definition) is 24. The molecule has 3 aliphatic heterocycles. The van der Waals surface area contributed by atoms with Crippen LogP contribution in [0.3, 0.4) is 0 Å². The Hall–Kier alpha value is -5.59. The number of ketones is 1. The largest absolute Gasteiger partial charge is 0.480 e. The van der Waals surface area contributed by atoms with Crippen molar-refractivity contribution in [1.29, 1.82) is 0 Å². The van der Waals surface area contributed by atoms with Crippen molar-refractivity contribution in [2.75, 3.05) is 53.9 Å². The lowest BCUT2D eigenvalue weighted by Gasteiger charge is -2.63. The molecule has 3 saturated carbocycles. The number of allylic oxidation sites excluding steroid dienone is 4. The van der Waals surface area contributed by atoms with Gasteiger partial charge in [0.25, 0.3) is 5.91 Å². The van der Waals surface area contributed by atoms with Crippen molar-refractivity contribution in [3.63, 3.8) is 0 Å². The number of carbonyl (C=O) groups excluding carboxylic acids is 6. The first kappa shape index (κ1) is 91.9.